The fourth-order valence-electron chi connectivity index (χ4n) is 3.44. The van der Waals surface area contributed by atoms with Crippen LogP contribution in [0.5, 0.6) is 5.75 Å². The van der Waals surface area contributed by atoms with Crippen molar-refractivity contribution in [2.45, 2.75) is 32.6 Å². The lowest BCUT2D eigenvalue weighted by Crippen LogP contribution is -2.05. The first-order valence-electron chi connectivity index (χ1n) is 10.2. The molecule has 0 bridgehead atoms. The number of hydrogen-bond acceptors (Lipinski definition) is 5. The molecule has 0 spiro atoms. The van der Waals surface area contributed by atoms with E-state index in [-0.39, 0.29) is 5.43 Å². The summed E-state index contributed by atoms with van der Waals surface area (Å²) in [6, 6.07) is 10.8. The summed E-state index contributed by atoms with van der Waals surface area (Å²) in [6.45, 7) is 2.65. The topological polar surface area (TPSA) is 91.5 Å². The van der Waals surface area contributed by atoms with E-state index in [9.17, 15) is 4.79 Å². The first-order chi connectivity index (χ1) is 14.5. The normalized spacial score (nSPS) is 11.4. The Morgan fingerprint density at radius 1 is 1.20 bits per heavy atom. The van der Waals surface area contributed by atoms with Gasteiger partial charge in [0.05, 0.1) is 23.2 Å². The summed E-state index contributed by atoms with van der Waals surface area (Å²) in [5.41, 5.74) is 15.3. The standard InChI is InChI=1S/C24H29N2O3P/c1-16-13-22(28-11-5-3-2-4-10-25)19(14-17(16)9-12-30)23-15-21(27)18-7-6-8-20(26)24(18)29-23/h4,6-8,10,13-15H,2-3,5,9,11-12,25-26,30H2,1H3/b10-4+. The number of nitrogens with two attached hydrogens (primary N) is 2. The van der Waals surface area contributed by atoms with Gasteiger partial charge in [-0.2, -0.15) is 0 Å². The predicted octanol–water partition coefficient (Wildman–Crippen LogP) is 4.79. The van der Waals surface area contributed by atoms with Gasteiger partial charge in [-0.25, -0.2) is 0 Å². The molecule has 3 aromatic rings. The highest BCUT2D eigenvalue weighted by molar-refractivity contribution is 7.16. The van der Waals surface area contributed by atoms with Crippen molar-refractivity contribution in [1.82, 2.24) is 0 Å². The quantitative estimate of drug-likeness (QED) is 0.293. The maximum Gasteiger partial charge on any atom is 0.193 e. The van der Waals surface area contributed by atoms with Crippen molar-refractivity contribution < 1.29 is 9.15 Å². The molecular formula is C24H29N2O3P. The van der Waals surface area contributed by atoms with Crippen LogP contribution in [0.15, 0.2) is 57.9 Å². The van der Waals surface area contributed by atoms with Crippen LogP contribution in [-0.4, -0.2) is 12.8 Å². The number of hydrogen-bond donors (Lipinski definition) is 2. The molecule has 1 heterocycles. The molecule has 0 aliphatic heterocycles. The van der Waals surface area contributed by atoms with Crippen molar-refractivity contribution in [2.75, 3.05) is 18.5 Å². The van der Waals surface area contributed by atoms with Crippen LogP contribution in [0, 0.1) is 6.92 Å². The van der Waals surface area contributed by atoms with Crippen LogP contribution in [0.25, 0.3) is 22.3 Å². The van der Waals surface area contributed by atoms with Crippen molar-refractivity contribution in [3.63, 3.8) is 0 Å². The minimum absolute atomic E-state index is 0.119. The molecule has 0 saturated carbocycles. The highest BCUT2D eigenvalue weighted by atomic mass is 31.0. The number of ether oxygens (including phenoxy) is 1. The van der Waals surface area contributed by atoms with Gasteiger partial charge in [0.2, 0.25) is 0 Å². The molecule has 2 aromatic carbocycles. The molecule has 4 N–H and O–H groups in total. The Labute approximate surface area is 179 Å². The molecule has 3 rings (SSSR count). The van der Waals surface area contributed by atoms with Gasteiger partial charge in [0.15, 0.2) is 11.0 Å². The van der Waals surface area contributed by atoms with Gasteiger partial charge in [0.25, 0.3) is 0 Å². The van der Waals surface area contributed by atoms with Gasteiger partial charge in [-0.15, -0.1) is 9.24 Å². The largest absolute Gasteiger partial charge is 0.493 e. The second-order valence-corrected chi connectivity index (χ2v) is 7.86. The van der Waals surface area contributed by atoms with E-state index in [0.29, 0.717) is 34.8 Å². The van der Waals surface area contributed by atoms with Gasteiger partial charge in [0.1, 0.15) is 11.5 Å². The molecule has 6 heteroatoms. The van der Waals surface area contributed by atoms with E-state index in [1.54, 1.807) is 24.4 Å². The lowest BCUT2D eigenvalue weighted by atomic mass is 10.00. The van der Waals surface area contributed by atoms with E-state index in [2.05, 4.69) is 22.2 Å². The molecule has 30 heavy (non-hydrogen) atoms. The number of rotatable bonds is 9. The smallest absolute Gasteiger partial charge is 0.193 e. The average molecular weight is 424 g/mol. The zero-order valence-corrected chi connectivity index (χ0v) is 18.5. The monoisotopic (exact) mass is 424 g/mol. The molecule has 0 aliphatic rings. The van der Waals surface area contributed by atoms with E-state index in [1.165, 1.54) is 11.6 Å². The van der Waals surface area contributed by atoms with Crippen molar-refractivity contribution >= 4 is 25.9 Å². The van der Waals surface area contributed by atoms with E-state index in [4.69, 9.17) is 20.6 Å². The third-order valence-electron chi connectivity index (χ3n) is 5.06. The number of para-hydroxylation sites is 1. The highest BCUT2D eigenvalue weighted by Gasteiger charge is 2.16. The van der Waals surface area contributed by atoms with Gasteiger partial charge >= 0.3 is 0 Å². The highest BCUT2D eigenvalue weighted by Crippen LogP contribution is 2.35. The number of aryl methyl sites for hydroxylation is 2. The van der Waals surface area contributed by atoms with Crippen LogP contribution < -0.4 is 21.6 Å². The second kappa shape index (κ2) is 10.3. The lowest BCUT2D eigenvalue weighted by molar-refractivity contribution is 0.307. The molecule has 5 nitrogen and oxygen atoms in total. The second-order valence-electron chi connectivity index (χ2n) is 7.28. The molecule has 0 amide bonds. The molecule has 1 atom stereocenters. The third kappa shape index (κ3) is 5.03. The minimum atomic E-state index is -0.119. The van der Waals surface area contributed by atoms with Gasteiger partial charge in [0, 0.05) is 6.07 Å². The van der Waals surface area contributed by atoms with Crippen LogP contribution >= 0.6 is 9.24 Å². The number of fused-ring (bicyclic) bond motifs is 1. The van der Waals surface area contributed by atoms with Gasteiger partial charge in [-0.05, 0) is 80.4 Å². The van der Waals surface area contributed by atoms with Crippen molar-refractivity contribution in [1.29, 1.82) is 0 Å². The average Bonchev–Trinajstić information content (AvgIpc) is 2.73. The summed E-state index contributed by atoms with van der Waals surface area (Å²) in [6.07, 6.45) is 8.21. The van der Waals surface area contributed by atoms with E-state index >= 15 is 0 Å². The number of allylic oxidation sites excluding steroid dienone is 1. The Kier molecular flexibility index (Phi) is 7.53. The number of benzene rings is 2. The summed E-state index contributed by atoms with van der Waals surface area (Å²) in [7, 11) is 2.75. The molecule has 0 radical (unpaired) electrons. The molecule has 0 fully saturated rings. The number of nitrogen functional groups attached to an aromatic ring is 1. The Bertz CT molecular complexity index is 1110. The van der Waals surface area contributed by atoms with Crippen LogP contribution in [0.1, 0.15) is 30.4 Å². The van der Waals surface area contributed by atoms with Crippen molar-refractivity contribution in [3.05, 3.63) is 70.0 Å². The van der Waals surface area contributed by atoms with Crippen LogP contribution in [0.2, 0.25) is 0 Å². The Morgan fingerprint density at radius 3 is 2.80 bits per heavy atom. The zero-order chi connectivity index (χ0) is 21.5. The lowest BCUT2D eigenvalue weighted by Gasteiger charge is -2.15. The fourth-order valence-corrected chi connectivity index (χ4v) is 3.75. The van der Waals surface area contributed by atoms with Gasteiger partial charge in [-0.3, -0.25) is 4.79 Å². The van der Waals surface area contributed by atoms with Crippen LogP contribution in [-0.2, 0) is 6.42 Å². The van der Waals surface area contributed by atoms with Crippen molar-refractivity contribution in [3.8, 4) is 17.1 Å². The predicted molar refractivity (Wildman–Crippen MR) is 128 cm³/mol. The van der Waals surface area contributed by atoms with Crippen LogP contribution in [0.3, 0.4) is 0 Å². The summed E-state index contributed by atoms with van der Waals surface area (Å²) in [5.74, 6) is 1.18. The Hall–Kier alpha value is -2.78. The maximum absolute atomic E-state index is 12.7. The van der Waals surface area contributed by atoms with Gasteiger partial charge in [-0.1, -0.05) is 12.1 Å². The molecular weight excluding hydrogens is 395 g/mol. The molecule has 0 saturated heterocycles. The van der Waals surface area contributed by atoms with Gasteiger partial charge < -0.3 is 20.6 Å². The SMILES string of the molecule is Cc1cc(OCCCC/C=C/N)c(-c2cc(=O)c3cccc(N)c3o2)cc1CCP. The van der Waals surface area contributed by atoms with Crippen molar-refractivity contribution in [2.24, 2.45) is 5.73 Å². The third-order valence-corrected chi connectivity index (χ3v) is 5.35. The summed E-state index contributed by atoms with van der Waals surface area (Å²) < 4.78 is 12.2. The molecule has 0 aliphatic carbocycles. The molecule has 158 valence electrons. The fraction of sp³-hybridized carbons (Fsp3) is 0.292. The summed E-state index contributed by atoms with van der Waals surface area (Å²) >= 11 is 0. The Balaban J connectivity index is 2.01. The minimum Gasteiger partial charge on any atom is -0.493 e. The first kappa shape index (κ1) is 21.9. The maximum atomic E-state index is 12.7. The van der Waals surface area contributed by atoms with E-state index in [0.717, 1.165) is 43.0 Å². The molecule has 1 unspecified atom stereocenters. The number of anilines is 1. The number of unbranched alkanes of at least 4 members (excludes halogenated alkanes) is 2. The summed E-state index contributed by atoms with van der Waals surface area (Å²) in [5, 5.41) is 0.478. The van der Waals surface area contributed by atoms with Crippen LogP contribution in [0.4, 0.5) is 5.69 Å². The van der Waals surface area contributed by atoms with E-state index < -0.39 is 0 Å². The Morgan fingerprint density at radius 2 is 2.03 bits per heavy atom. The first-order valence-corrected chi connectivity index (χ1v) is 11.0. The van der Waals surface area contributed by atoms with E-state index in [1.807, 2.05) is 12.1 Å². The zero-order valence-electron chi connectivity index (χ0n) is 17.3. The molecule has 1 aromatic heterocycles. The summed E-state index contributed by atoms with van der Waals surface area (Å²) in [4.78, 5) is 12.7.